The molecular weight excluding hydrogens is 212 g/mol. The van der Waals surface area contributed by atoms with Gasteiger partial charge < -0.3 is 5.73 Å². The molecule has 4 heteroatoms. The molecule has 0 amide bonds. The summed E-state index contributed by atoms with van der Waals surface area (Å²) in [5, 5.41) is 4.53. The fourth-order valence-corrected chi connectivity index (χ4v) is 1.88. The van der Waals surface area contributed by atoms with Crippen molar-refractivity contribution in [1.29, 1.82) is 0 Å². The average molecular weight is 230 g/mol. The van der Waals surface area contributed by atoms with E-state index in [2.05, 4.69) is 30.9 Å². The lowest BCUT2D eigenvalue weighted by molar-refractivity contribution is 0.554. The molecule has 0 unspecified atom stereocenters. The third-order valence-electron chi connectivity index (χ3n) is 2.67. The summed E-state index contributed by atoms with van der Waals surface area (Å²) >= 11 is 0. The third kappa shape index (κ3) is 2.16. The summed E-state index contributed by atoms with van der Waals surface area (Å²) in [5.41, 5.74) is 8.96. The van der Waals surface area contributed by atoms with Crippen LogP contribution in [0.25, 0.3) is 11.1 Å². The first-order valence-corrected chi connectivity index (χ1v) is 5.64. The molecule has 90 valence electrons. The van der Waals surface area contributed by atoms with E-state index in [-0.39, 0.29) is 5.41 Å². The van der Waals surface area contributed by atoms with Crippen LogP contribution in [-0.4, -0.2) is 14.8 Å². The number of rotatable bonds is 1. The largest absolute Gasteiger partial charge is 0.383 e. The van der Waals surface area contributed by atoms with Crippen LogP contribution in [0.5, 0.6) is 0 Å². The van der Waals surface area contributed by atoms with Crippen molar-refractivity contribution >= 4 is 5.82 Å². The Kier molecular flexibility index (Phi) is 2.65. The second-order valence-electron chi connectivity index (χ2n) is 5.25. The van der Waals surface area contributed by atoms with E-state index in [0.29, 0.717) is 5.82 Å². The number of pyridine rings is 1. The van der Waals surface area contributed by atoms with Crippen LogP contribution in [0.3, 0.4) is 0 Å². The number of hydrogen-bond donors (Lipinski definition) is 1. The van der Waals surface area contributed by atoms with Crippen molar-refractivity contribution in [2.24, 2.45) is 7.05 Å². The highest BCUT2D eigenvalue weighted by Crippen LogP contribution is 2.33. The minimum Gasteiger partial charge on any atom is -0.383 e. The molecular formula is C13H18N4. The number of hydrogen-bond acceptors (Lipinski definition) is 3. The SMILES string of the molecule is Cn1cc(-c2cccnc2N)c(C(C)(C)C)n1. The molecule has 2 heterocycles. The molecule has 2 N–H and O–H groups in total. The van der Waals surface area contributed by atoms with E-state index in [0.717, 1.165) is 16.8 Å². The maximum absolute atomic E-state index is 5.93. The monoisotopic (exact) mass is 230 g/mol. The summed E-state index contributed by atoms with van der Waals surface area (Å²) < 4.78 is 1.82. The van der Waals surface area contributed by atoms with Crippen LogP contribution >= 0.6 is 0 Å². The molecule has 0 saturated carbocycles. The second-order valence-corrected chi connectivity index (χ2v) is 5.25. The van der Waals surface area contributed by atoms with Crippen molar-refractivity contribution in [3.8, 4) is 11.1 Å². The molecule has 0 bridgehead atoms. The predicted octanol–water partition coefficient (Wildman–Crippen LogP) is 2.36. The van der Waals surface area contributed by atoms with E-state index in [1.165, 1.54) is 0 Å². The molecule has 0 fully saturated rings. The van der Waals surface area contributed by atoms with Crippen molar-refractivity contribution in [2.75, 3.05) is 5.73 Å². The number of nitrogens with two attached hydrogens (primary N) is 1. The van der Waals surface area contributed by atoms with E-state index in [1.54, 1.807) is 6.20 Å². The molecule has 2 rings (SSSR count). The van der Waals surface area contributed by atoms with Crippen LogP contribution in [0.2, 0.25) is 0 Å². The van der Waals surface area contributed by atoms with E-state index >= 15 is 0 Å². The maximum atomic E-state index is 5.93. The second kappa shape index (κ2) is 3.87. The molecule has 0 aliphatic heterocycles. The summed E-state index contributed by atoms with van der Waals surface area (Å²) in [7, 11) is 1.92. The molecule has 0 saturated heterocycles. The van der Waals surface area contributed by atoms with E-state index < -0.39 is 0 Å². The zero-order valence-corrected chi connectivity index (χ0v) is 10.7. The fourth-order valence-electron chi connectivity index (χ4n) is 1.88. The summed E-state index contributed by atoms with van der Waals surface area (Å²) in [4.78, 5) is 4.13. The molecule has 0 aliphatic rings. The van der Waals surface area contributed by atoms with Gasteiger partial charge in [-0.2, -0.15) is 5.10 Å². The molecule has 0 atom stereocenters. The number of anilines is 1. The van der Waals surface area contributed by atoms with Gasteiger partial charge in [0, 0.05) is 36.0 Å². The quantitative estimate of drug-likeness (QED) is 0.818. The topological polar surface area (TPSA) is 56.7 Å². The van der Waals surface area contributed by atoms with Gasteiger partial charge in [0.2, 0.25) is 0 Å². The summed E-state index contributed by atoms with van der Waals surface area (Å²) in [6, 6.07) is 3.87. The molecule has 17 heavy (non-hydrogen) atoms. The molecule has 2 aromatic rings. The highest BCUT2D eigenvalue weighted by atomic mass is 15.3. The zero-order valence-electron chi connectivity index (χ0n) is 10.7. The first kappa shape index (κ1) is 11.6. The Balaban J connectivity index is 2.64. The van der Waals surface area contributed by atoms with Crippen LogP contribution in [0.15, 0.2) is 24.5 Å². The Morgan fingerprint density at radius 2 is 1.94 bits per heavy atom. The Bertz CT molecular complexity index is 535. The summed E-state index contributed by atoms with van der Waals surface area (Å²) in [6.07, 6.45) is 3.69. The predicted molar refractivity (Wildman–Crippen MR) is 69.6 cm³/mol. The van der Waals surface area contributed by atoms with Gasteiger partial charge in [0.05, 0.1) is 5.69 Å². The highest BCUT2D eigenvalue weighted by Gasteiger charge is 2.23. The Labute approximate surface area is 101 Å². The van der Waals surface area contributed by atoms with Gasteiger partial charge in [-0.25, -0.2) is 4.98 Å². The molecule has 0 spiro atoms. The minimum absolute atomic E-state index is 0.0150. The Morgan fingerprint density at radius 3 is 2.53 bits per heavy atom. The van der Waals surface area contributed by atoms with Crippen molar-refractivity contribution in [3.63, 3.8) is 0 Å². The molecule has 0 radical (unpaired) electrons. The molecule has 0 aromatic carbocycles. The van der Waals surface area contributed by atoms with Crippen molar-refractivity contribution in [2.45, 2.75) is 26.2 Å². The summed E-state index contributed by atoms with van der Waals surface area (Å²) in [5.74, 6) is 0.547. The van der Waals surface area contributed by atoms with E-state index in [4.69, 9.17) is 5.73 Å². The molecule has 2 aromatic heterocycles. The lowest BCUT2D eigenvalue weighted by Crippen LogP contribution is -2.14. The van der Waals surface area contributed by atoms with Gasteiger partial charge in [0.1, 0.15) is 5.82 Å². The van der Waals surface area contributed by atoms with Crippen molar-refractivity contribution in [3.05, 3.63) is 30.2 Å². The highest BCUT2D eigenvalue weighted by molar-refractivity contribution is 5.75. The van der Waals surface area contributed by atoms with Gasteiger partial charge in [0.25, 0.3) is 0 Å². The Hall–Kier alpha value is -1.84. The first-order valence-electron chi connectivity index (χ1n) is 5.64. The van der Waals surface area contributed by atoms with Crippen LogP contribution < -0.4 is 5.73 Å². The normalized spacial score (nSPS) is 11.8. The van der Waals surface area contributed by atoms with Crippen molar-refractivity contribution in [1.82, 2.24) is 14.8 Å². The standard InChI is InChI=1S/C13H18N4/c1-13(2,3)11-10(8-17(4)16-11)9-6-5-7-15-12(9)14/h5-8H,1-4H3,(H2,14,15). The first-order chi connectivity index (χ1) is 7.89. The smallest absolute Gasteiger partial charge is 0.131 e. The minimum atomic E-state index is -0.0150. The van der Waals surface area contributed by atoms with Gasteiger partial charge in [-0.15, -0.1) is 0 Å². The number of aromatic nitrogens is 3. The van der Waals surface area contributed by atoms with Gasteiger partial charge >= 0.3 is 0 Å². The zero-order chi connectivity index (χ0) is 12.6. The van der Waals surface area contributed by atoms with Crippen molar-refractivity contribution < 1.29 is 0 Å². The van der Waals surface area contributed by atoms with Crippen LogP contribution in [0, 0.1) is 0 Å². The van der Waals surface area contributed by atoms with Crippen LogP contribution in [0.4, 0.5) is 5.82 Å². The fraction of sp³-hybridized carbons (Fsp3) is 0.385. The van der Waals surface area contributed by atoms with Gasteiger partial charge in [-0.1, -0.05) is 20.8 Å². The third-order valence-corrected chi connectivity index (χ3v) is 2.67. The lowest BCUT2D eigenvalue weighted by Gasteiger charge is -2.17. The van der Waals surface area contributed by atoms with E-state index in [9.17, 15) is 0 Å². The maximum Gasteiger partial charge on any atom is 0.131 e. The summed E-state index contributed by atoms with van der Waals surface area (Å²) in [6.45, 7) is 6.43. The van der Waals surface area contributed by atoms with E-state index in [1.807, 2.05) is 30.1 Å². The molecule has 4 nitrogen and oxygen atoms in total. The molecule has 0 aliphatic carbocycles. The van der Waals surface area contributed by atoms with Crippen LogP contribution in [-0.2, 0) is 12.5 Å². The number of nitrogens with zero attached hydrogens (tertiary/aromatic N) is 3. The van der Waals surface area contributed by atoms with Gasteiger partial charge in [0.15, 0.2) is 0 Å². The number of aryl methyl sites for hydroxylation is 1. The van der Waals surface area contributed by atoms with Gasteiger partial charge in [-0.3, -0.25) is 4.68 Å². The Morgan fingerprint density at radius 1 is 1.24 bits per heavy atom. The lowest BCUT2D eigenvalue weighted by atomic mass is 9.88. The average Bonchev–Trinajstić information content (AvgIpc) is 2.60. The van der Waals surface area contributed by atoms with Gasteiger partial charge in [-0.05, 0) is 12.1 Å². The van der Waals surface area contributed by atoms with Crippen LogP contribution in [0.1, 0.15) is 26.5 Å². The number of nitrogen functional groups attached to an aromatic ring is 1.